The second-order valence-corrected chi connectivity index (χ2v) is 5.15. The normalized spacial score (nSPS) is 13.7. The number of aromatic hydroxyl groups is 1. The van der Waals surface area contributed by atoms with Crippen molar-refractivity contribution in [3.05, 3.63) is 28.8 Å². The van der Waals surface area contributed by atoms with Gasteiger partial charge in [-0.1, -0.05) is 27.7 Å². The Kier molecular flexibility index (Phi) is 5.78. The number of aliphatic imine (C=N–C) groups is 1. The van der Waals surface area contributed by atoms with E-state index in [-0.39, 0.29) is 0 Å². The zero-order valence-corrected chi connectivity index (χ0v) is 12.2. The number of hydrogen-bond donors (Lipinski definition) is 1. The fourth-order valence-electron chi connectivity index (χ4n) is 2.15. The monoisotopic (exact) mass is 261 g/mol. The molecule has 0 spiro atoms. The quantitative estimate of drug-likeness (QED) is 0.614. The third-order valence-electron chi connectivity index (χ3n) is 3.84. The van der Waals surface area contributed by atoms with Crippen LogP contribution in [0, 0.1) is 0 Å². The van der Waals surface area contributed by atoms with Gasteiger partial charge in [0.1, 0.15) is 5.75 Å². The van der Waals surface area contributed by atoms with Crippen LogP contribution >= 0.6 is 0 Å². The first-order chi connectivity index (χ1) is 9.04. The number of benzene rings is 1. The van der Waals surface area contributed by atoms with E-state index in [1.165, 1.54) is 0 Å². The van der Waals surface area contributed by atoms with Crippen LogP contribution < -0.4 is 0 Å². The molecule has 2 unspecified atom stereocenters. The van der Waals surface area contributed by atoms with Crippen molar-refractivity contribution in [2.75, 3.05) is 0 Å². The van der Waals surface area contributed by atoms with Crippen LogP contribution in [0.4, 0.5) is 0 Å². The third kappa shape index (κ3) is 3.68. The van der Waals surface area contributed by atoms with Crippen molar-refractivity contribution in [1.82, 2.24) is 0 Å². The molecule has 2 atom stereocenters. The summed E-state index contributed by atoms with van der Waals surface area (Å²) in [6.07, 6.45) is 3.50. The lowest BCUT2D eigenvalue weighted by atomic mass is 9.88. The second-order valence-electron chi connectivity index (χ2n) is 5.15. The van der Waals surface area contributed by atoms with E-state index in [0.717, 1.165) is 29.5 Å². The Labute approximate surface area is 115 Å². The molecule has 1 N–H and O–H groups in total. The van der Waals surface area contributed by atoms with Crippen LogP contribution in [-0.4, -0.2) is 11.2 Å². The summed E-state index contributed by atoms with van der Waals surface area (Å²) >= 11 is 0. The average Bonchev–Trinajstić information content (AvgIpc) is 2.44. The summed E-state index contributed by atoms with van der Waals surface area (Å²) < 4.78 is 0. The van der Waals surface area contributed by atoms with Gasteiger partial charge in [0.15, 0.2) is 0 Å². The SMILES string of the molecule is CCC(C)c1cc(CN=C=O)cc(C(C)CC)c1O. The van der Waals surface area contributed by atoms with Gasteiger partial charge in [-0.05, 0) is 53.5 Å². The van der Waals surface area contributed by atoms with E-state index in [4.69, 9.17) is 0 Å². The predicted octanol–water partition coefficient (Wildman–Crippen LogP) is 4.26. The van der Waals surface area contributed by atoms with Gasteiger partial charge >= 0.3 is 0 Å². The lowest BCUT2D eigenvalue weighted by molar-refractivity contribution is 0.448. The fraction of sp³-hybridized carbons (Fsp3) is 0.562. The molecular formula is C16H23NO2. The highest BCUT2D eigenvalue weighted by atomic mass is 16.3. The molecule has 3 nitrogen and oxygen atoms in total. The highest BCUT2D eigenvalue weighted by Gasteiger charge is 2.17. The Morgan fingerprint density at radius 1 is 1.16 bits per heavy atom. The van der Waals surface area contributed by atoms with E-state index in [1.807, 2.05) is 12.1 Å². The van der Waals surface area contributed by atoms with Crippen molar-refractivity contribution in [3.8, 4) is 5.75 Å². The number of carbonyl (C=O) groups excluding carboxylic acids is 1. The summed E-state index contributed by atoms with van der Waals surface area (Å²) in [4.78, 5) is 13.9. The molecule has 0 fully saturated rings. The van der Waals surface area contributed by atoms with E-state index in [2.05, 4.69) is 32.7 Å². The Hall–Kier alpha value is -1.60. The maximum absolute atomic E-state index is 10.4. The van der Waals surface area contributed by atoms with Gasteiger partial charge in [0.05, 0.1) is 6.54 Å². The van der Waals surface area contributed by atoms with Crippen LogP contribution in [0.2, 0.25) is 0 Å². The van der Waals surface area contributed by atoms with E-state index in [0.29, 0.717) is 24.1 Å². The van der Waals surface area contributed by atoms with Gasteiger partial charge in [-0.2, -0.15) is 0 Å². The van der Waals surface area contributed by atoms with Gasteiger partial charge in [-0.25, -0.2) is 9.79 Å². The largest absolute Gasteiger partial charge is 0.507 e. The van der Waals surface area contributed by atoms with Gasteiger partial charge in [0.2, 0.25) is 6.08 Å². The molecule has 3 heteroatoms. The zero-order chi connectivity index (χ0) is 14.4. The highest BCUT2D eigenvalue weighted by Crippen LogP contribution is 2.37. The van der Waals surface area contributed by atoms with Crippen molar-refractivity contribution < 1.29 is 9.90 Å². The molecule has 104 valence electrons. The molecule has 1 aromatic rings. The molecule has 0 amide bonds. The summed E-state index contributed by atoms with van der Waals surface area (Å²) in [5.74, 6) is 0.994. The van der Waals surface area contributed by atoms with E-state index < -0.39 is 0 Å². The van der Waals surface area contributed by atoms with Gasteiger partial charge in [0, 0.05) is 0 Å². The molecule has 1 aromatic carbocycles. The minimum absolute atomic E-state index is 0.294. The summed E-state index contributed by atoms with van der Waals surface area (Å²) in [6, 6.07) is 3.91. The molecule has 0 bridgehead atoms. The molecule has 0 aliphatic heterocycles. The third-order valence-corrected chi connectivity index (χ3v) is 3.84. The minimum atomic E-state index is 0.294. The van der Waals surface area contributed by atoms with Crippen molar-refractivity contribution in [2.45, 2.75) is 58.9 Å². The van der Waals surface area contributed by atoms with Crippen LogP contribution in [0.3, 0.4) is 0 Å². The van der Waals surface area contributed by atoms with Crippen LogP contribution in [0.1, 0.15) is 69.1 Å². The molecule has 0 aliphatic rings. The van der Waals surface area contributed by atoms with E-state index in [1.54, 1.807) is 6.08 Å². The molecule has 0 saturated carbocycles. The molecule has 1 rings (SSSR count). The van der Waals surface area contributed by atoms with Gasteiger partial charge in [-0.15, -0.1) is 0 Å². The standard InChI is InChI=1S/C16H23NO2/c1-5-11(3)14-7-13(9-17-10-18)8-15(16(14)19)12(4)6-2/h7-8,11-12,19H,5-6,9H2,1-4H3. The van der Waals surface area contributed by atoms with Gasteiger partial charge in [0.25, 0.3) is 0 Å². The summed E-state index contributed by atoms with van der Waals surface area (Å²) in [7, 11) is 0. The number of phenols is 1. The van der Waals surface area contributed by atoms with Crippen LogP contribution in [0.25, 0.3) is 0 Å². The number of phenolic OH excluding ortho intramolecular Hbond substituents is 1. The topological polar surface area (TPSA) is 49.7 Å². The molecule has 0 heterocycles. The second kappa shape index (κ2) is 7.10. The van der Waals surface area contributed by atoms with Crippen molar-refractivity contribution >= 4 is 6.08 Å². The van der Waals surface area contributed by atoms with Crippen molar-refractivity contribution in [2.24, 2.45) is 4.99 Å². The first-order valence-electron chi connectivity index (χ1n) is 6.94. The molecule has 0 aromatic heterocycles. The average molecular weight is 261 g/mol. The Morgan fingerprint density at radius 2 is 1.63 bits per heavy atom. The van der Waals surface area contributed by atoms with Crippen LogP contribution in [0.5, 0.6) is 5.75 Å². The molecule has 0 aliphatic carbocycles. The molecule has 19 heavy (non-hydrogen) atoms. The molecular weight excluding hydrogens is 238 g/mol. The summed E-state index contributed by atoms with van der Waals surface area (Å²) in [5, 5.41) is 10.4. The fourth-order valence-corrected chi connectivity index (χ4v) is 2.15. The Bertz CT molecular complexity index is 445. The Balaban J connectivity index is 3.32. The molecule has 0 saturated heterocycles. The number of hydrogen-bond acceptors (Lipinski definition) is 3. The lowest BCUT2D eigenvalue weighted by Gasteiger charge is -2.19. The summed E-state index contributed by atoms with van der Waals surface area (Å²) in [6.45, 7) is 8.73. The number of isocyanates is 1. The van der Waals surface area contributed by atoms with Crippen LogP contribution in [-0.2, 0) is 11.3 Å². The minimum Gasteiger partial charge on any atom is -0.507 e. The van der Waals surface area contributed by atoms with E-state index in [9.17, 15) is 9.90 Å². The lowest BCUT2D eigenvalue weighted by Crippen LogP contribution is -2.01. The van der Waals surface area contributed by atoms with Gasteiger partial charge in [-0.3, -0.25) is 0 Å². The first kappa shape index (κ1) is 15.5. The number of nitrogens with zero attached hydrogens (tertiary/aromatic N) is 1. The first-order valence-corrected chi connectivity index (χ1v) is 6.94. The Morgan fingerprint density at radius 3 is 2.00 bits per heavy atom. The zero-order valence-electron chi connectivity index (χ0n) is 12.2. The maximum atomic E-state index is 10.4. The van der Waals surface area contributed by atoms with Gasteiger partial charge < -0.3 is 5.11 Å². The van der Waals surface area contributed by atoms with Crippen molar-refractivity contribution in [1.29, 1.82) is 0 Å². The highest BCUT2D eigenvalue weighted by molar-refractivity contribution is 5.47. The predicted molar refractivity (Wildman–Crippen MR) is 77.3 cm³/mol. The smallest absolute Gasteiger partial charge is 0.235 e. The maximum Gasteiger partial charge on any atom is 0.235 e. The number of rotatable bonds is 6. The van der Waals surface area contributed by atoms with Crippen LogP contribution in [0.15, 0.2) is 17.1 Å². The molecule has 0 radical (unpaired) electrons. The van der Waals surface area contributed by atoms with Crippen molar-refractivity contribution in [3.63, 3.8) is 0 Å². The van der Waals surface area contributed by atoms with E-state index >= 15 is 0 Å². The summed E-state index contributed by atoms with van der Waals surface area (Å²) in [5.41, 5.74) is 2.87.